The first-order valence-corrected chi connectivity index (χ1v) is 9.69. The van der Waals surface area contributed by atoms with Gasteiger partial charge in [-0.25, -0.2) is 0 Å². The Balaban J connectivity index is 0. The zero-order chi connectivity index (χ0) is 19.1. The van der Waals surface area contributed by atoms with Crippen molar-refractivity contribution < 1.29 is 32.0 Å². The van der Waals surface area contributed by atoms with Gasteiger partial charge in [0.2, 0.25) is 0 Å². The van der Waals surface area contributed by atoms with E-state index in [9.17, 15) is 22.6 Å². The van der Waals surface area contributed by atoms with Crippen molar-refractivity contribution in [3.8, 4) is 0 Å². The zero-order valence-electron chi connectivity index (χ0n) is 15.3. The van der Waals surface area contributed by atoms with E-state index in [2.05, 4.69) is 0 Å². The number of carbonyl (C=O) groups is 2. The number of ether oxygens (including phenoxy) is 2. The first kappa shape index (κ1) is 27.1. The predicted octanol–water partition coefficient (Wildman–Crippen LogP) is 1.94. The molecular formula is C16H31NaO7S. The summed E-state index contributed by atoms with van der Waals surface area (Å²) in [7, 11) is -4.77. The van der Waals surface area contributed by atoms with E-state index >= 15 is 0 Å². The molecule has 0 saturated heterocycles. The topological polar surface area (TPSA) is 107 Å². The molecule has 0 aromatic rings. The van der Waals surface area contributed by atoms with E-state index in [4.69, 9.17) is 9.47 Å². The quantitative estimate of drug-likeness (QED) is 0.345. The first-order chi connectivity index (χ1) is 10.8. The molecule has 0 amide bonds. The summed E-state index contributed by atoms with van der Waals surface area (Å²) >= 11 is 0. The fourth-order valence-corrected chi connectivity index (χ4v) is 3.08. The number of hydrogen-bond donors (Lipinski definition) is 1. The van der Waals surface area contributed by atoms with E-state index in [0.29, 0.717) is 18.8 Å². The molecule has 0 heterocycles. The molecule has 9 heteroatoms. The van der Waals surface area contributed by atoms with E-state index in [1.807, 2.05) is 27.7 Å². The Labute approximate surface area is 173 Å². The van der Waals surface area contributed by atoms with Crippen LogP contribution < -0.4 is 0 Å². The van der Waals surface area contributed by atoms with Crippen LogP contribution in [0, 0.1) is 11.8 Å². The summed E-state index contributed by atoms with van der Waals surface area (Å²) in [5.74, 6) is -1.45. The van der Waals surface area contributed by atoms with Crippen molar-refractivity contribution in [3.05, 3.63) is 0 Å². The summed E-state index contributed by atoms with van der Waals surface area (Å²) in [6.45, 7) is 11.1. The minimum atomic E-state index is -4.77. The van der Waals surface area contributed by atoms with Gasteiger partial charge < -0.3 is 9.47 Å². The summed E-state index contributed by atoms with van der Waals surface area (Å²) in [6, 6.07) is 0. The Bertz CT molecular complexity index is 517. The molecule has 0 rings (SSSR count). The van der Waals surface area contributed by atoms with Gasteiger partial charge in [0.05, 0.1) is 18.6 Å². The molecule has 0 bridgehead atoms. The van der Waals surface area contributed by atoms with Crippen LogP contribution >= 0.6 is 0 Å². The van der Waals surface area contributed by atoms with Crippen LogP contribution in [-0.4, -0.2) is 71.9 Å². The van der Waals surface area contributed by atoms with Crippen molar-refractivity contribution in [1.29, 1.82) is 0 Å². The summed E-state index contributed by atoms with van der Waals surface area (Å²) in [4.78, 5) is 23.9. The van der Waals surface area contributed by atoms with Crippen molar-refractivity contribution >= 4 is 51.6 Å². The second-order valence-electron chi connectivity index (χ2n) is 7.01. The van der Waals surface area contributed by atoms with Gasteiger partial charge in [-0.05, 0) is 38.5 Å². The molecule has 0 aliphatic carbocycles. The van der Waals surface area contributed by atoms with Crippen LogP contribution in [0.25, 0.3) is 0 Å². The van der Waals surface area contributed by atoms with Gasteiger partial charge in [0.25, 0.3) is 10.1 Å². The van der Waals surface area contributed by atoms with Gasteiger partial charge in [0.15, 0.2) is 5.25 Å². The number of hydrogen-bond acceptors (Lipinski definition) is 6. The van der Waals surface area contributed by atoms with Crippen LogP contribution in [0.1, 0.15) is 60.8 Å². The average molecular weight is 390 g/mol. The normalized spacial score (nSPS) is 15.2. The third-order valence-corrected chi connectivity index (χ3v) is 4.31. The Hall–Kier alpha value is -0.150. The third-order valence-electron chi connectivity index (χ3n) is 3.23. The summed E-state index contributed by atoms with van der Waals surface area (Å²) in [5, 5.41) is -1.97. The molecule has 0 aromatic carbocycles. The SMILES string of the molecule is CC(C)CC(C)OC(=O)CC(C(=O)OC(C)CC(C)C)S(=O)(=O)O.[NaH]. The molecule has 0 saturated carbocycles. The van der Waals surface area contributed by atoms with E-state index in [1.54, 1.807) is 13.8 Å². The number of carbonyl (C=O) groups excluding carboxylic acids is 2. The average Bonchev–Trinajstić information content (AvgIpc) is 2.31. The van der Waals surface area contributed by atoms with Crippen LogP contribution in [0.4, 0.5) is 0 Å². The van der Waals surface area contributed by atoms with Crippen molar-refractivity contribution in [2.24, 2.45) is 11.8 Å². The molecule has 25 heavy (non-hydrogen) atoms. The molecule has 0 aliphatic rings. The Kier molecular flexibility index (Phi) is 13.3. The summed E-state index contributed by atoms with van der Waals surface area (Å²) in [5.41, 5.74) is 0. The standard InChI is InChI=1S/C16H30O7S.Na.H/c1-10(2)7-12(5)22-15(17)9-14(24(19,20)21)16(18)23-13(6)8-11(3)4;;/h10-14H,7-9H2,1-6H3,(H,19,20,21);;. The van der Waals surface area contributed by atoms with Crippen molar-refractivity contribution in [2.45, 2.75) is 78.3 Å². The molecule has 0 aliphatic heterocycles. The van der Waals surface area contributed by atoms with E-state index in [1.165, 1.54) is 0 Å². The zero-order valence-corrected chi connectivity index (χ0v) is 16.1. The Morgan fingerprint density at radius 1 is 0.880 bits per heavy atom. The van der Waals surface area contributed by atoms with Gasteiger partial charge in [-0.2, -0.15) is 8.42 Å². The van der Waals surface area contributed by atoms with Gasteiger partial charge in [0, 0.05) is 0 Å². The first-order valence-electron chi connectivity index (χ1n) is 8.19. The Morgan fingerprint density at radius 3 is 1.64 bits per heavy atom. The van der Waals surface area contributed by atoms with Crippen LogP contribution in [0.5, 0.6) is 0 Å². The molecule has 1 N–H and O–H groups in total. The van der Waals surface area contributed by atoms with Crippen LogP contribution in [0.2, 0.25) is 0 Å². The fourth-order valence-electron chi connectivity index (χ4n) is 2.43. The summed E-state index contributed by atoms with van der Waals surface area (Å²) in [6.07, 6.45) is -0.542. The second kappa shape index (κ2) is 12.3. The van der Waals surface area contributed by atoms with Crippen LogP contribution in [-0.2, 0) is 29.2 Å². The van der Waals surface area contributed by atoms with Gasteiger partial charge >= 0.3 is 41.5 Å². The van der Waals surface area contributed by atoms with E-state index in [-0.39, 0.29) is 35.5 Å². The van der Waals surface area contributed by atoms with Crippen molar-refractivity contribution in [3.63, 3.8) is 0 Å². The third kappa shape index (κ3) is 12.8. The fraction of sp³-hybridized carbons (Fsp3) is 0.875. The van der Waals surface area contributed by atoms with Gasteiger partial charge in [-0.15, -0.1) is 0 Å². The van der Waals surface area contributed by atoms with Crippen molar-refractivity contribution in [1.82, 2.24) is 0 Å². The Morgan fingerprint density at radius 2 is 1.28 bits per heavy atom. The van der Waals surface area contributed by atoms with Gasteiger partial charge in [0.1, 0.15) is 0 Å². The molecule has 7 nitrogen and oxygen atoms in total. The predicted molar refractivity (Wildman–Crippen MR) is 97.1 cm³/mol. The monoisotopic (exact) mass is 390 g/mol. The molecule has 3 unspecified atom stereocenters. The molecule has 0 spiro atoms. The molecule has 0 fully saturated rings. The van der Waals surface area contributed by atoms with Crippen molar-refractivity contribution in [2.75, 3.05) is 0 Å². The molecule has 0 aromatic heterocycles. The number of rotatable bonds is 10. The molecular weight excluding hydrogens is 359 g/mol. The van der Waals surface area contributed by atoms with E-state index < -0.39 is 45.9 Å². The second-order valence-corrected chi connectivity index (χ2v) is 8.61. The van der Waals surface area contributed by atoms with Gasteiger partial charge in [-0.1, -0.05) is 27.7 Å². The van der Waals surface area contributed by atoms with Crippen LogP contribution in [0.3, 0.4) is 0 Å². The molecule has 0 radical (unpaired) electrons. The number of esters is 2. The molecule has 3 atom stereocenters. The summed E-state index contributed by atoms with van der Waals surface area (Å²) < 4.78 is 42.2. The maximum atomic E-state index is 12.0. The minimum absolute atomic E-state index is 0. The molecule has 144 valence electrons. The van der Waals surface area contributed by atoms with Gasteiger partial charge in [-0.3, -0.25) is 14.1 Å². The maximum absolute atomic E-state index is 12.0. The van der Waals surface area contributed by atoms with E-state index in [0.717, 1.165) is 0 Å². The van der Waals surface area contributed by atoms with Crippen LogP contribution in [0.15, 0.2) is 0 Å².